The fourth-order valence-corrected chi connectivity index (χ4v) is 3.71. The Morgan fingerprint density at radius 3 is 2.60 bits per heavy atom. The van der Waals surface area contributed by atoms with Gasteiger partial charge >= 0.3 is 0 Å². The maximum absolute atomic E-state index is 5.82. The van der Waals surface area contributed by atoms with Gasteiger partial charge in [-0.15, -0.1) is 0 Å². The SMILES string of the molecule is Cc1ccc2c(ccn2C2CCC3(CC2)OCCO3)c1. The second kappa shape index (κ2) is 4.61. The molecule has 0 unspecified atom stereocenters. The molecule has 1 aliphatic carbocycles. The largest absolute Gasteiger partial charge is 0.348 e. The Balaban J connectivity index is 1.58. The predicted octanol–water partition coefficient (Wildman–Crippen LogP) is 3.81. The Morgan fingerprint density at radius 1 is 1.10 bits per heavy atom. The van der Waals surface area contributed by atoms with E-state index in [2.05, 4.69) is 42.0 Å². The predicted molar refractivity (Wildman–Crippen MR) is 78.8 cm³/mol. The Morgan fingerprint density at radius 2 is 1.85 bits per heavy atom. The summed E-state index contributed by atoms with van der Waals surface area (Å²) in [4.78, 5) is 0. The molecular weight excluding hydrogens is 250 g/mol. The summed E-state index contributed by atoms with van der Waals surface area (Å²) in [6, 6.07) is 9.52. The van der Waals surface area contributed by atoms with Gasteiger partial charge in [0.2, 0.25) is 0 Å². The lowest BCUT2D eigenvalue weighted by molar-refractivity contribution is -0.181. The third kappa shape index (κ3) is 1.97. The van der Waals surface area contributed by atoms with Crippen LogP contribution >= 0.6 is 0 Å². The molecule has 2 aliphatic rings. The van der Waals surface area contributed by atoms with Crippen molar-refractivity contribution in [1.82, 2.24) is 4.57 Å². The van der Waals surface area contributed by atoms with Gasteiger partial charge in [-0.3, -0.25) is 0 Å². The van der Waals surface area contributed by atoms with Crippen molar-refractivity contribution in [2.24, 2.45) is 0 Å². The van der Waals surface area contributed by atoms with Gasteiger partial charge in [0.05, 0.1) is 13.2 Å². The van der Waals surface area contributed by atoms with Crippen LogP contribution in [-0.4, -0.2) is 23.6 Å². The number of nitrogens with zero attached hydrogens (tertiary/aromatic N) is 1. The summed E-state index contributed by atoms with van der Waals surface area (Å²) < 4.78 is 14.1. The van der Waals surface area contributed by atoms with Crippen LogP contribution in [0.25, 0.3) is 10.9 Å². The van der Waals surface area contributed by atoms with E-state index in [4.69, 9.17) is 9.47 Å². The second-order valence-corrected chi connectivity index (χ2v) is 6.12. The molecule has 0 bridgehead atoms. The summed E-state index contributed by atoms with van der Waals surface area (Å²) in [6.45, 7) is 3.67. The fourth-order valence-electron chi connectivity index (χ4n) is 3.71. The molecule has 20 heavy (non-hydrogen) atoms. The van der Waals surface area contributed by atoms with Crippen molar-refractivity contribution in [1.29, 1.82) is 0 Å². The molecule has 1 aliphatic heterocycles. The lowest BCUT2D eigenvalue weighted by atomic mass is 9.90. The molecule has 2 fully saturated rings. The number of hydrogen-bond donors (Lipinski definition) is 0. The van der Waals surface area contributed by atoms with E-state index in [0.29, 0.717) is 6.04 Å². The van der Waals surface area contributed by atoms with E-state index in [1.165, 1.54) is 16.5 Å². The molecule has 0 amide bonds. The number of aromatic nitrogens is 1. The summed E-state index contributed by atoms with van der Waals surface area (Å²) in [5.74, 6) is -0.254. The molecule has 1 aromatic carbocycles. The molecule has 3 nitrogen and oxygen atoms in total. The summed E-state index contributed by atoms with van der Waals surface area (Å²) >= 11 is 0. The average Bonchev–Trinajstić information content (AvgIpc) is 3.07. The quantitative estimate of drug-likeness (QED) is 0.787. The van der Waals surface area contributed by atoms with Gasteiger partial charge in [0.1, 0.15) is 0 Å². The highest BCUT2D eigenvalue weighted by Crippen LogP contribution is 2.41. The average molecular weight is 271 g/mol. The Kier molecular flexibility index (Phi) is 2.86. The number of aryl methyl sites for hydroxylation is 1. The zero-order valence-electron chi connectivity index (χ0n) is 12.0. The van der Waals surface area contributed by atoms with E-state index in [1.807, 2.05) is 0 Å². The summed E-state index contributed by atoms with van der Waals surface area (Å²) in [6.07, 6.45) is 6.55. The van der Waals surface area contributed by atoms with Crippen molar-refractivity contribution in [2.45, 2.75) is 44.4 Å². The standard InChI is InChI=1S/C17H21NO2/c1-13-2-3-16-14(12-13)6-9-18(16)15-4-7-17(8-5-15)19-10-11-20-17/h2-3,6,9,12,15H,4-5,7-8,10-11H2,1H3. The van der Waals surface area contributed by atoms with Crippen molar-refractivity contribution in [3.8, 4) is 0 Å². The Bertz CT molecular complexity index is 615. The van der Waals surface area contributed by atoms with Crippen molar-refractivity contribution in [2.75, 3.05) is 13.2 Å². The minimum atomic E-state index is -0.254. The smallest absolute Gasteiger partial charge is 0.168 e. The first-order chi connectivity index (χ1) is 9.76. The molecule has 1 aromatic heterocycles. The molecule has 3 heteroatoms. The molecule has 0 atom stereocenters. The second-order valence-electron chi connectivity index (χ2n) is 6.12. The van der Waals surface area contributed by atoms with Crippen LogP contribution in [0.5, 0.6) is 0 Å². The third-order valence-electron chi connectivity index (χ3n) is 4.80. The van der Waals surface area contributed by atoms with Gasteiger partial charge in [-0.05, 0) is 43.4 Å². The van der Waals surface area contributed by atoms with Gasteiger partial charge in [0.15, 0.2) is 5.79 Å². The van der Waals surface area contributed by atoms with Crippen LogP contribution in [0, 0.1) is 6.92 Å². The van der Waals surface area contributed by atoms with Gasteiger partial charge in [0.25, 0.3) is 0 Å². The Hall–Kier alpha value is -1.32. The third-order valence-corrected chi connectivity index (χ3v) is 4.80. The molecular formula is C17H21NO2. The minimum Gasteiger partial charge on any atom is -0.348 e. The van der Waals surface area contributed by atoms with Crippen LogP contribution in [-0.2, 0) is 9.47 Å². The van der Waals surface area contributed by atoms with Crippen molar-refractivity contribution in [3.05, 3.63) is 36.0 Å². The van der Waals surface area contributed by atoms with Crippen LogP contribution in [0.1, 0.15) is 37.3 Å². The first kappa shape index (κ1) is 12.4. The van der Waals surface area contributed by atoms with E-state index in [1.54, 1.807) is 0 Å². The molecule has 0 radical (unpaired) electrons. The van der Waals surface area contributed by atoms with E-state index in [9.17, 15) is 0 Å². The zero-order valence-corrected chi connectivity index (χ0v) is 12.0. The molecule has 2 aromatic rings. The van der Waals surface area contributed by atoms with E-state index >= 15 is 0 Å². The van der Waals surface area contributed by atoms with Gasteiger partial charge in [-0.25, -0.2) is 0 Å². The maximum Gasteiger partial charge on any atom is 0.168 e. The number of rotatable bonds is 1. The van der Waals surface area contributed by atoms with E-state index in [-0.39, 0.29) is 5.79 Å². The van der Waals surface area contributed by atoms with Gasteiger partial charge in [-0.2, -0.15) is 0 Å². The topological polar surface area (TPSA) is 23.4 Å². The number of ether oxygens (including phenoxy) is 2. The van der Waals surface area contributed by atoms with Crippen molar-refractivity contribution in [3.63, 3.8) is 0 Å². The molecule has 4 rings (SSSR count). The maximum atomic E-state index is 5.82. The molecule has 106 valence electrons. The highest BCUT2D eigenvalue weighted by molar-refractivity contribution is 5.81. The lowest BCUT2D eigenvalue weighted by Gasteiger charge is -2.36. The summed E-state index contributed by atoms with van der Waals surface area (Å²) in [5.41, 5.74) is 2.68. The van der Waals surface area contributed by atoms with Crippen LogP contribution < -0.4 is 0 Å². The van der Waals surface area contributed by atoms with Crippen LogP contribution in [0.3, 0.4) is 0 Å². The van der Waals surface area contributed by atoms with Gasteiger partial charge < -0.3 is 14.0 Å². The first-order valence-electron chi connectivity index (χ1n) is 7.61. The Labute approximate surface area is 119 Å². The fraction of sp³-hybridized carbons (Fsp3) is 0.529. The van der Waals surface area contributed by atoms with Crippen LogP contribution in [0.15, 0.2) is 30.5 Å². The number of hydrogen-bond acceptors (Lipinski definition) is 2. The normalized spacial score (nSPS) is 22.9. The molecule has 2 heterocycles. The summed E-state index contributed by atoms with van der Waals surface area (Å²) in [5, 5.41) is 1.35. The van der Waals surface area contributed by atoms with Crippen molar-refractivity contribution >= 4 is 10.9 Å². The van der Waals surface area contributed by atoms with Crippen LogP contribution in [0.4, 0.5) is 0 Å². The zero-order chi connectivity index (χ0) is 13.6. The molecule has 1 saturated heterocycles. The van der Waals surface area contributed by atoms with Crippen molar-refractivity contribution < 1.29 is 9.47 Å². The van der Waals surface area contributed by atoms with Gasteiger partial charge in [0, 0.05) is 30.6 Å². The number of fused-ring (bicyclic) bond motifs is 1. The monoisotopic (exact) mass is 271 g/mol. The molecule has 0 N–H and O–H groups in total. The highest BCUT2D eigenvalue weighted by Gasteiger charge is 2.40. The van der Waals surface area contributed by atoms with Crippen LogP contribution in [0.2, 0.25) is 0 Å². The molecule has 1 saturated carbocycles. The highest BCUT2D eigenvalue weighted by atomic mass is 16.7. The van der Waals surface area contributed by atoms with E-state index < -0.39 is 0 Å². The minimum absolute atomic E-state index is 0.254. The number of benzene rings is 1. The first-order valence-corrected chi connectivity index (χ1v) is 7.61. The van der Waals surface area contributed by atoms with E-state index in [0.717, 1.165) is 38.9 Å². The molecule has 1 spiro atoms. The summed E-state index contributed by atoms with van der Waals surface area (Å²) in [7, 11) is 0. The lowest BCUT2D eigenvalue weighted by Crippen LogP contribution is -2.35. The van der Waals surface area contributed by atoms with Gasteiger partial charge in [-0.1, -0.05) is 11.6 Å².